The number of aryl methyl sites for hydroxylation is 3. The van der Waals surface area contributed by atoms with Gasteiger partial charge in [-0.15, -0.1) is 0 Å². The highest BCUT2D eigenvalue weighted by Gasteiger charge is 1.84. The highest BCUT2D eigenvalue weighted by atomic mass is 13.9. The molecule has 0 heterocycles. The van der Waals surface area contributed by atoms with Gasteiger partial charge in [0.05, 0.1) is 0 Å². The Kier molecular flexibility index (Phi) is 17.1. The van der Waals surface area contributed by atoms with Crippen molar-refractivity contribution in [1.29, 1.82) is 0 Å². The summed E-state index contributed by atoms with van der Waals surface area (Å²) < 4.78 is 0. The van der Waals surface area contributed by atoms with Crippen LogP contribution in [0.15, 0.2) is 54.6 Å². The molecule has 0 unspecified atom stereocenters. The SMILES string of the molecule is CC.CC.CCc1ccc(C)cc1.CCc1ccccc1. The molecule has 0 bridgehead atoms. The molecule has 2 aromatic rings. The van der Waals surface area contributed by atoms with E-state index in [0.717, 1.165) is 12.8 Å². The third-order valence-corrected chi connectivity index (χ3v) is 2.78. The molecule has 0 saturated carbocycles. The van der Waals surface area contributed by atoms with Gasteiger partial charge in [-0.1, -0.05) is 102 Å². The first-order valence-electron chi connectivity index (χ1n) is 8.35. The summed E-state index contributed by atoms with van der Waals surface area (Å²) in [5, 5.41) is 0. The number of rotatable bonds is 2. The first-order chi connectivity index (χ1) is 10.3. The van der Waals surface area contributed by atoms with Crippen molar-refractivity contribution in [2.24, 2.45) is 0 Å². The normalized spacial score (nSPS) is 8.14. The van der Waals surface area contributed by atoms with E-state index in [9.17, 15) is 0 Å². The highest BCUT2D eigenvalue weighted by molar-refractivity contribution is 5.20. The summed E-state index contributed by atoms with van der Waals surface area (Å²) in [6.07, 6.45) is 2.28. The molecule has 0 radical (unpaired) electrons. The first-order valence-corrected chi connectivity index (χ1v) is 8.35. The van der Waals surface area contributed by atoms with E-state index in [1.54, 1.807) is 0 Å². The quantitative estimate of drug-likeness (QED) is 0.565. The van der Waals surface area contributed by atoms with Crippen LogP contribution < -0.4 is 0 Å². The molecule has 2 rings (SSSR count). The smallest absolute Gasteiger partial charge is 0.0307 e. The summed E-state index contributed by atoms with van der Waals surface area (Å²) in [4.78, 5) is 0. The standard InChI is InChI=1S/C9H12.C8H10.2C2H6/c1-3-9-6-4-8(2)5-7-9;1-2-8-6-4-3-5-7-8;2*1-2/h4-7H,3H2,1-2H3;3-7H,2H2,1H3;2*1-2H3. The zero-order chi connectivity index (χ0) is 16.5. The van der Waals surface area contributed by atoms with Crippen molar-refractivity contribution in [1.82, 2.24) is 0 Å². The van der Waals surface area contributed by atoms with Crippen molar-refractivity contribution in [3.63, 3.8) is 0 Å². The number of hydrogen-bond acceptors (Lipinski definition) is 0. The van der Waals surface area contributed by atoms with Gasteiger partial charge >= 0.3 is 0 Å². The zero-order valence-electron chi connectivity index (χ0n) is 15.1. The summed E-state index contributed by atoms with van der Waals surface area (Å²) in [7, 11) is 0. The average molecular weight is 287 g/mol. The van der Waals surface area contributed by atoms with E-state index in [1.807, 2.05) is 33.8 Å². The van der Waals surface area contributed by atoms with Crippen LogP contribution in [-0.2, 0) is 12.8 Å². The maximum atomic E-state index is 2.18. The predicted octanol–water partition coefficient (Wildman–Crippen LogP) is 6.86. The Morgan fingerprint density at radius 1 is 0.571 bits per heavy atom. The van der Waals surface area contributed by atoms with Crippen molar-refractivity contribution in [2.45, 2.75) is 61.3 Å². The Balaban J connectivity index is 0. The summed E-state index contributed by atoms with van der Waals surface area (Å²) in [5.74, 6) is 0. The Bertz CT molecular complexity index is 398. The van der Waals surface area contributed by atoms with E-state index in [0.29, 0.717) is 0 Å². The topological polar surface area (TPSA) is 0 Å². The van der Waals surface area contributed by atoms with Crippen LogP contribution in [0.4, 0.5) is 0 Å². The fraction of sp³-hybridized carbons (Fsp3) is 0.429. The van der Waals surface area contributed by atoms with E-state index in [1.165, 1.54) is 16.7 Å². The lowest BCUT2D eigenvalue weighted by molar-refractivity contribution is 1.14. The molecule has 0 aliphatic rings. The van der Waals surface area contributed by atoms with Gasteiger partial charge in [-0.3, -0.25) is 0 Å². The Labute approximate surface area is 133 Å². The maximum Gasteiger partial charge on any atom is -0.0307 e. The van der Waals surface area contributed by atoms with Gasteiger partial charge < -0.3 is 0 Å². The lowest BCUT2D eigenvalue weighted by Gasteiger charge is -1.94. The van der Waals surface area contributed by atoms with Crippen LogP contribution >= 0.6 is 0 Å². The second kappa shape index (κ2) is 16.5. The van der Waals surface area contributed by atoms with Crippen molar-refractivity contribution in [3.8, 4) is 0 Å². The monoisotopic (exact) mass is 286 g/mol. The van der Waals surface area contributed by atoms with Crippen LogP contribution in [0.25, 0.3) is 0 Å². The molecule has 0 aliphatic carbocycles. The van der Waals surface area contributed by atoms with Crippen molar-refractivity contribution in [3.05, 3.63) is 71.3 Å². The second-order valence-electron chi connectivity index (χ2n) is 4.18. The molecule has 21 heavy (non-hydrogen) atoms. The van der Waals surface area contributed by atoms with Crippen LogP contribution in [0, 0.1) is 6.92 Å². The zero-order valence-corrected chi connectivity index (χ0v) is 15.1. The molecule has 0 spiro atoms. The van der Waals surface area contributed by atoms with Gasteiger partial charge in [0.2, 0.25) is 0 Å². The van der Waals surface area contributed by atoms with Gasteiger partial charge in [0.1, 0.15) is 0 Å². The molecule has 0 aromatic heterocycles. The third-order valence-electron chi connectivity index (χ3n) is 2.78. The van der Waals surface area contributed by atoms with E-state index >= 15 is 0 Å². The molecular formula is C21H34. The summed E-state index contributed by atoms with van der Waals surface area (Å²) in [5.41, 5.74) is 4.17. The van der Waals surface area contributed by atoms with Gasteiger partial charge in [0.15, 0.2) is 0 Å². The van der Waals surface area contributed by atoms with Crippen LogP contribution in [-0.4, -0.2) is 0 Å². The maximum absolute atomic E-state index is 2.18. The van der Waals surface area contributed by atoms with Crippen molar-refractivity contribution >= 4 is 0 Å². The van der Waals surface area contributed by atoms with E-state index in [4.69, 9.17) is 0 Å². The van der Waals surface area contributed by atoms with Crippen molar-refractivity contribution < 1.29 is 0 Å². The van der Waals surface area contributed by atoms with Crippen LogP contribution in [0.5, 0.6) is 0 Å². The van der Waals surface area contributed by atoms with Gasteiger partial charge in [-0.2, -0.15) is 0 Å². The van der Waals surface area contributed by atoms with E-state index < -0.39 is 0 Å². The average Bonchev–Trinajstić information content (AvgIpc) is 2.60. The van der Waals surface area contributed by atoms with E-state index in [-0.39, 0.29) is 0 Å². The van der Waals surface area contributed by atoms with Gasteiger partial charge in [-0.25, -0.2) is 0 Å². The molecule has 0 heteroatoms. The molecular weight excluding hydrogens is 252 g/mol. The minimum absolute atomic E-state index is 1.14. The van der Waals surface area contributed by atoms with Gasteiger partial charge in [0.25, 0.3) is 0 Å². The summed E-state index contributed by atoms with van der Waals surface area (Å²) in [6.45, 7) is 14.4. The highest BCUT2D eigenvalue weighted by Crippen LogP contribution is 2.02. The third kappa shape index (κ3) is 11.9. The Hall–Kier alpha value is -1.56. The lowest BCUT2D eigenvalue weighted by Crippen LogP contribution is -1.77. The fourth-order valence-corrected chi connectivity index (χ4v) is 1.54. The number of benzene rings is 2. The second-order valence-corrected chi connectivity index (χ2v) is 4.18. The van der Waals surface area contributed by atoms with Crippen LogP contribution in [0.1, 0.15) is 58.2 Å². The van der Waals surface area contributed by atoms with Crippen LogP contribution in [0.2, 0.25) is 0 Å². The molecule has 0 saturated heterocycles. The Morgan fingerprint density at radius 3 is 1.29 bits per heavy atom. The largest absolute Gasteiger partial charge is 0.0683 e. The molecule has 0 aliphatic heterocycles. The molecule has 0 nitrogen and oxygen atoms in total. The molecule has 118 valence electrons. The van der Waals surface area contributed by atoms with Gasteiger partial charge in [-0.05, 0) is 30.9 Å². The summed E-state index contributed by atoms with van der Waals surface area (Å²) >= 11 is 0. The predicted molar refractivity (Wildman–Crippen MR) is 99.1 cm³/mol. The molecule has 0 fully saturated rings. The summed E-state index contributed by atoms with van der Waals surface area (Å²) in [6, 6.07) is 19.1. The molecule has 0 N–H and O–H groups in total. The first kappa shape index (κ1) is 21.7. The fourth-order valence-electron chi connectivity index (χ4n) is 1.54. The van der Waals surface area contributed by atoms with Gasteiger partial charge in [0, 0.05) is 0 Å². The Morgan fingerprint density at radius 2 is 0.952 bits per heavy atom. The lowest BCUT2D eigenvalue weighted by atomic mass is 10.1. The molecule has 2 aromatic carbocycles. The molecule has 0 amide bonds. The van der Waals surface area contributed by atoms with E-state index in [2.05, 4.69) is 69.3 Å². The minimum atomic E-state index is 1.14. The molecule has 0 atom stereocenters. The van der Waals surface area contributed by atoms with Crippen molar-refractivity contribution in [2.75, 3.05) is 0 Å². The van der Waals surface area contributed by atoms with Crippen LogP contribution in [0.3, 0.4) is 0 Å². The number of hydrogen-bond donors (Lipinski definition) is 0. The minimum Gasteiger partial charge on any atom is -0.0683 e.